The Kier molecular flexibility index (Phi) is 11.2. The summed E-state index contributed by atoms with van der Waals surface area (Å²) in [6.45, 7) is 8.61. The van der Waals surface area contributed by atoms with Gasteiger partial charge in [-0.2, -0.15) is 0 Å². The van der Waals surface area contributed by atoms with E-state index in [9.17, 15) is 10.2 Å². The number of aromatic hydroxyl groups is 2. The molecule has 2 aliphatic rings. The number of para-hydroxylation sites is 3. The maximum Gasteiger partial charge on any atom is 0.273 e. The molecule has 7 heteroatoms. The smallest absolute Gasteiger partial charge is 0.273 e. The molecule has 0 saturated carbocycles. The van der Waals surface area contributed by atoms with Crippen LogP contribution in [0.3, 0.4) is 0 Å². The van der Waals surface area contributed by atoms with E-state index in [0.29, 0.717) is 29.4 Å². The van der Waals surface area contributed by atoms with Gasteiger partial charge in [0.25, 0.3) is 5.69 Å². The number of azo groups is 2. The molecular weight excluding hydrogens is 471 g/mol. The molecule has 2 saturated heterocycles. The average molecular weight is 509 g/mol. The molecule has 2 aromatic carbocycles. The Morgan fingerprint density at radius 1 is 1.06 bits per heavy atom. The fourth-order valence-corrected chi connectivity index (χ4v) is 4.65. The number of likely N-dealkylation sites (tertiary alicyclic amines) is 1. The minimum absolute atomic E-state index is 0. The first-order valence-corrected chi connectivity index (χ1v) is 11.9. The SMILES string of the molecule is C=CC1CC[N-]C(C2CC(C)CCN2C)C1.C[N+](=Nc1ccccc1O)c1ccccc1O.[Ni]. The van der Waals surface area contributed by atoms with Crippen LogP contribution >= 0.6 is 0 Å². The number of allylic oxidation sites excluding steroid dienone is 1. The molecule has 2 N–H and O–H groups in total. The maximum absolute atomic E-state index is 9.66. The number of nitrogens with zero attached hydrogens (tertiary/aromatic N) is 4. The fraction of sp³-hybridized carbons (Fsp3) is 0.481. The van der Waals surface area contributed by atoms with Crippen LogP contribution in [0, 0.1) is 11.8 Å². The van der Waals surface area contributed by atoms with Crippen LogP contribution in [-0.4, -0.2) is 59.1 Å². The summed E-state index contributed by atoms with van der Waals surface area (Å²) in [6, 6.07) is 14.9. The van der Waals surface area contributed by atoms with Crippen molar-refractivity contribution >= 4 is 11.4 Å². The minimum Gasteiger partial charge on any atom is -0.658 e. The first-order valence-electron chi connectivity index (χ1n) is 11.9. The fourth-order valence-electron chi connectivity index (χ4n) is 4.65. The molecule has 6 nitrogen and oxygen atoms in total. The number of likely N-dealkylation sites (N-methyl/N-ethyl adjacent to an activating group) is 1. The third-order valence-corrected chi connectivity index (χ3v) is 6.74. The van der Waals surface area contributed by atoms with Crippen molar-refractivity contribution in [3.63, 3.8) is 0 Å². The number of phenols is 2. The zero-order valence-electron chi connectivity index (χ0n) is 20.5. The zero-order chi connectivity index (χ0) is 23.8. The van der Waals surface area contributed by atoms with Gasteiger partial charge in [0.2, 0.25) is 0 Å². The predicted octanol–water partition coefficient (Wildman–Crippen LogP) is 6.21. The van der Waals surface area contributed by atoms with Crippen LogP contribution in [-0.2, 0) is 16.5 Å². The average Bonchev–Trinajstić information content (AvgIpc) is 2.83. The van der Waals surface area contributed by atoms with E-state index in [1.807, 2.05) is 6.07 Å². The largest absolute Gasteiger partial charge is 0.658 e. The van der Waals surface area contributed by atoms with E-state index in [-0.39, 0.29) is 28.0 Å². The van der Waals surface area contributed by atoms with Gasteiger partial charge in [-0.25, -0.2) is 0 Å². The second-order valence-corrected chi connectivity index (χ2v) is 9.27. The molecule has 188 valence electrons. The minimum atomic E-state index is 0. The molecule has 0 radical (unpaired) electrons. The van der Waals surface area contributed by atoms with Crippen molar-refractivity contribution in [2.75, 3.05) is 27.2 Å². The van der Waals surface area contributed by atoms with E-state index in [2.05, 4.69) is 36.6 Å². The van der Waals surface area contributed by atoms with E-state index in [1.54, 1.807) is 49.5 Å². The third kappa shape index (κ3) is 7.66. The number of phenolic OH excluding ortho intramolecular Hbond substituents is 2. The van der Waals surface area contributed by atoms with Gasteiger partial charge in [0.05, 0.1) is 0 Å². The first-order chi connectivity index (χ1) is 15.9. The van der Waals surface area contributed by atoms with Crippen LogP contribution < -0.4 is 0 Å². The number of hydrogen-bond donors (Lipinski definition) is 2. The summed E-state index contributed by atoms with van der Waals surface area (Å²) >= 11 is 0. The second-order valence-electron chi connectivity index (χ2n) is 9.27. The molecule has 4 rings (SSSR count). The standard InChI is InChI=1S/C14H25N2.C13H12N2O2.Ni/c1-4-12-5-7-15-13(10-12)14-9-11(2)6-8-16(14)3;1-15(11-7-3-5-9-13(11)17)14-10-6-2-4-8-12(10)16;/h4,11-14H,1,5-10H2,2-3H3;2-9,17H,1H3;/q-1;;/p+1. The van der Waals surface area contributed by atoms with E-state index in [1.165, 1.54) is 36.9 Å². The molecule has 0 amide bonds. The van der Waals surface area contributed by atoms with Gasteiger partial charge in [-0.3, -0.25) is 0 Å². The number of piperidine rings is 2. The molecule has 0 bridgehead atoms. The van der Waals surface area contributed by atoms with Gasteiger partial charge >= 0.3 is 0 Å². The van der Waals surface area contributed by atoms with Gasteiger partial charge in [0.1, 0.15) is 5.75 Å². The summed E-state index contributed by atoms with van der Waals surface area (Å²) < 4.78 is 1.52. The van der Waals surface area contributed by atoms with Gasteiger partial charge in [-0.05, 0) is 62.5 Å². The van der Waals surface area contributed by atoms with E-state index < -0.39 is 0 Å². The normalized spacial score (nSPS) is 25.4. The van der Waals surface area contributed by atoms with Gasteiger partial charge < -0.3 is 20.4 Å². The van der Waals surface area contributed by atoms with E-state index in [0.717, 1.165) is 12.5 Å². The Labute approximate surface area is 214 Å². The van der Waals surface area contributed by atoms with Crippen LogP contribution in [0.15, 0.2) is 66.3 Å². The molecule has 2 fully saturated rings. The van der Waals surface area contributed by atoms with Crippen molar-refractivity contribution in [1.82, 2.24) is 4.90 Å². The van der Waals surface area contributed by atoms with Crippen LogP contribution in [0.25, 0.3) is 5.32 Å². The number of rotatable bonds is 4. The summed E-state index contributed by atoms with van der Waals surface area (Å²) in [5.74, 6) is 1.83. The van der Waals surface area contributed by atoms with Crippen LogP contribution in [0.1, 0.15) is 32.6 Å². The van der Waals surface area contributed by atoms with Crippen molar-refractivity contribution in [1.29, 1.82) is 0 Å². The number of hydrogen-bond acceptors (Lipinski definition) is 4. The Hall–Kier alpha value is -2.21. The maximum atomic E-state index is 9.66. The van der Waals surface area contributed by atoms with E-state index in [4.69, 9.17) is 5.32 Å². The summed E-state index contributed by atoms with van der Waals surface area (Å²) in [6.07, 6.45) is 7.25. The van der Waals surface area contributed by atoms with Crippen molar-refractivity contribution in [2.45, 2.75) is 44.7 Å². The van der Waals surface area contributed by atoms with Crippen LogP contribution in [0.4, 0.5) is 11.4 Å². The van der Waals surface area contributed by atoms with Gasteiger partial charge in [0, 0.05) is 27.7 Å². The molecule has 4 atom stereocenters. The van der Waals surface area contributed by atoms with Crippen molar-refractivity contribution in [3.05, 3.63) is 66.5 Å². The van der Waals surface area contributed by atoms with Crippen molar-refractivity contribution in [2.24, 2.45) is 17.0 Å². The zero-order valence-corrected chi connectivity index (χ0v) is 21.4. The molecule has 2 aromatic rings. The summed E-state index contributed by atoms with van der Waals surface area (Å²) in [5.41, 5.74) is 1.04. The molecule has 0 aromatic heterocycles. The van der Waals surface area contributed by atoms with Crippen LogP contribution in [0.5, 0.6) is 11.5 Å². The van der Waals surface area contributed by atoms with Crippen molar-refractivity contribution in [3.8, 4) is 11.5 Å². The summed E-state index contributed by atoms with van der Waals surface area (Å²) in [4.78, 5) is 2.53. The van der Waals surface area contributed by atoms with E-state index >= 15 is 0 Å². The predicted molar refractivity (Wildman–Crippen MR) is 134 cm³/mol. The third-order valence-electron chi connectivity index (χ3n) is 6.74. The second kappa shape index (κ2) is 13.6. The monoisotopic (exact) mass is 508 g/mol. The molecular formula is C27H38N4NiO2. The van der Waals surface area contributed by atoms with Gasteiger partial charge in [0.15, 0.2) is 18.5 Å². The number of benzene rings is 2. The molecule has 4 unspecified atom stereocenters. The summed E-state index contributed by atoms with van der Waals surface area (Å²) in [7, 11) is 3.98. The topological polar surface area (TPSA) is 73.2 Å². The Bertz CT molecular complexity index is 952. The van der Waals surface area contributed by atoms with Gasteiger partial charge in [-0.15, -0.1) is 19.2 Å². The Morgan fingerprint density at radius 3 is 2.41 bits per heavy atom. The van der Waals surface area contributed by atoms with Crippen LogP contribution in [0.2, 0.25) is 0 Å². The van der Waals surface area contributed by atoms with Gasteiger partial charge in [-0.1, -0.05) is 54.8 Å². The molecule has 2 aliphatic heterocycles. The molecule has 34 heavy (non-hydrogen) atoms. The first kappa shape index (κ1) is 28.0. The van der Waals surface area contributed by atoms with Crippen molar-refractivity contribution < 1.29 is 31.4 Å². The Morgan fingerprint density at radius 2 is 1.74 bits per heavy atom. The summed E-state index contributed by atoms with van der Waals surface area (Å²) in [5, 5.41) is 28.3. The quantitative estimate of drug-likeness (QED) is 0.223. The molecule has 2 heterocycles. The molecule has 0 aliphatic carbocycles. The molecule has 0 spiro atoms. The Balaban J connectivity index is 0.000000234.